The molecular formula is C13H22N2O3S. The molecule has 0 bridgehead atoms. The SMILES string of the molecule is CN(CC(C)(C)O)S(=O)(=O)Cc1ccc(CN)cc1. The fourth-order valence-corrected chi connectivity index (χ4v) is 3.08. The summed E-state index contributed by atoms with van der Waals surface area (Å²) in [6, 6.07) is 7.16. The van der Waals surface area contributed by atoms with E-state index in [1.165, 1.54) is 11.4 Å². The molecule has 1 rings (SSSR count). The topological polar surface area (TPSA) is 83.6 Å². The van der Waals surface area contributed by atoms with Crippen LogP contribution >= 0.6 is 0 Å². The average molecular weight is 286 g/mol. The number of hydrogen-bond acceptors (Lipinski definition) is 4. The van der Waals surface area contributed by atoms with Crippen molar-refractivity contribution in [2.24, 2.45) is 5.73 Å². The molecule has 19 heavy (non-hydrogen) atoms. The molecule has 0 aromatic heterocycles. The number of sulfonamides is 1. The lowest BCUT2D eigenvalue weighted by atomic mass is 10.1. The Balaban J connectivity index is 2.78. The predicted octanol–water partition coefficient (Wildman–Crippen LogP) is 0.678. The predicted molar refractivity (Wildman–Crippen MR) is 75.9 cm³/mol. The highest BCUT2D eigenvalue weighted by molar-refractivity contribution is 7.88. The molecule has 108 valence electrons. The highest BCUT2D eigenvalue weighted by Crippen LogP contribution is 2.13. The van der Waals surface area contributed by atoms with Crippen molar-refractivity contribution in [2.45, 2.75) is 31.7 Å². The van der Waals surface area contributed by atoms with Crippen molar-refractivity contribution in [2.75, 3.05) is 13.6 Å². The molecule has 0 saturated carbocycles. The van der Waals surface area contributed by atoms with Crippen molar-refractivity contribution < 1.29 is 13.5 Å². The van der Waals surface area contributed by atoms with Crippen molar-refractivity contribution in [1.82, 2.24) is 4.31 Å². The maximum Gasteiger partial charge on any atom is 0.218 e. The average Bonchev–Trinajstić information content (AvgIpc) is 2.27. The van der Waals surface area contributed by atoms with E-state index in [0.717, 1.165) is 5.56 Å². The Morgan fingerprint density at radius 1 is 1.21 bits per heavy atom. The Hall–Kier alpha value is -0.950. The summed E-state index contributed by atoms with van der Waals surface area (Å²) < 4.78 is 25.4. The fraction of sp³-hybridized carbons (Fsp3) is 0.538. The number of rotatable bonds is 6. The van der Waals surface area contributed by atoms with Crippen LogP contribution in [0.1, 0.15) is 25.0 Å². The van der Waals surface area contributed by atoms with E-state index >= 15 is 0 Å². The monoisotopic (exact) mass is 286 g/mol. The summed E-state index contributed by atoms with van der Waals surface area (Å²) in [7, 11) is -1.95. The van der Waals surface area contributed by atoms with E-state index in [-0.39, 0.29) is 12.3 Å². The summed E-state index contributed by atoms with van der Waals surface area (Å²) in [6.45, 7) is 3.66. The Morgan fingerprint density at radius 2 is 1.68 bits per heavy atom. The van der Waals surface area contributed by atoms with Gasteiger partial charge >= 0.3 is 0 Å². The molecule has 6 heteroatoms. The molecule has 0 atom stereocenters. The largest absolute Gasteiger partial charge is 0.389 e. The lowest BCUT2D eigenvalue weighted by molar-refractivity contribution is 0.0639. The third-order valence-corrected chi connectivity index (χ3v) is 4.47. The van der Waals surface area contributed by atoms with Crippen LogP contribution in [0.3, 0.4) is 0 Å². The van der Waals surface area contributed by atoms with E-state index in [9.17, 15) is 13.5 Å². The van der Waals surface area contributed by atoms with Crippen LogP contribution in [0.5, 0.6) is 0 Å². The molecule has 0 aliphatic heterocycles. The molecule has 0 aliphatic carbocycles. The van der Waals surface area contributed by atoms with E-state index in [1.54, 1.807) is 26.0 Å². The summed E-state index contributed by atoms with van der Waals surface area (Å²) in [5.74, 6) is -0.0789. The fourth-order valence-electron chi connectivity index (χ4n) is 1.74. The zero-order valence-electron chi connectivity index (χ0n) is 11.6. The van der Waals surface area contributed by atoms with Crippen LogP contribution in [-0.2, 0) is 22.3 Å². The second kappa shape index (κ2) is 6.00. The molecule has 5 nitrogen and oxygen atoms in total. The van der Waals surface area contributed by atoms with E-state index in [2.05, 4.69) is 0 Å². The van der Waals surface area contributed by atoms with Crippen molar-refractivity contribution in [1.29, 1.82) is 0 Å². The van der Waals surface area contributed by atoms with Gasteiger partial charge < -0.3 is 10.8 Å². The van der Waals surface area contributed by atoms with Gasteiger partial charge in [-0.05, 0) is 25.0 Å². The number of nitrogens with two attached hydrogens (primary N) is 1. The van der Waals surface area contributed by atoms with Gasteiger partial charge in [-0.3, -0.25) is 0 Å². The Morgan fingerprint density at radius 3 is 2.11 bits per heavy atom. The maximum absolute atomic E-state index is 12.1. The number of aliphatic hydroxyl groups is 1. The van der Waals surface area contributed by atoms with Crippen LogP contribution in [0.4, 0.5) is 0 Å². The van der Waals surface area contributed by atoms with Gasteiger partial charge in [0, 0.05) is 20.1 Å². The lowest BCUT2D eigenvalue weighted by Gasteiger charge is -2.25. The minimum atomic E-state index is -3.42. The van der Waals surface area contributed by atoms with Crippen molar-refractivity contribution >= 4 is 10.0 Å². The Bertz CT molecular complexity index is 504. The third kappa shape index (κ3) is 5.28. The minimum absolute atomic E-state index is 0.0657. The zero-order valence-corrected chi connectivity index (χ0v) is 12.4. The molecule has 1 aromatic carbocycles. The highest BCUT2D eigenvalue weighted by atomic mass is 32.2. The molecular weight excluding hydrogens is 264 g/mol. The van der Waals surface area contributed by atoms with Gasteiger partial charge in [0.25, 0.3) is 0 Å². The lowest BCUT2D eigenvalue weighted by Crippen LogP contribution is -2.40. The van der Waals surface area contributed by atoms with Crippen LogP contribution in [0.15, 0.2) is 24.3 Å². The van der Waals surface area contributed by atoms with Gasteiger partial charge in [-0.25, -0.2) is 12.7 Å². The first-order valence-corrected chi connectivity index (χ1v) is 7.69. The Labute approximate surface area is 115 Å². The highest BCUT2D eigenvalue weighted by Gasteiger charge is 2.24. The zero-order chi connectivity index (χ0) is 14.7. The second-order valence-electron chi connectivity index (χ2n) is 5.35. The first kappa shape index (κ1) is 16.1. The molecule has 3 N–H and O–H groups in total. The first-order chi connectivity index (χ1) is 8.64. The van der Waals surface area contributed by atoms with Crippen LogP contribution in [0, 0.1) is 0 Å². The maximum atomic E-state index is 12.1. The quantitative estimate of drug-likeness (QED) is 0.805. The van der Waals surface area contributed by atoms with Gasteiger partial charge in [-0.15, -0.1) is 0 Å². The molecule has 0 aliphatic rings. The molecule has 0 unspecified atom stereocenters. The van der Waals surface area contributed by atoms with Gasteiger partial charge in [0.1, 0.15) is 0 Å². The number of benzene rings is 1. The molecule has 0 amide bonds. The van der Waals surface area contributed by atoms with Crippen LogP contribution < -0.4 is 5.73 Å². The molecule has 0 fully saturated rings. The number of likely N-dealkylation sites (N-methyl/N-ethyl adjacent to an activating group) is 1. The van der Waals surface area contributed by atoms with E-state index in [0.29, 0.717) is 12.1 Å². The number of hydrogen-bond donors (Lipinski definition) is 2. The molecule has 0 spiro atoms. The van der Waals surface area contributed by atoms with E-state index < -0.39 is 15.6 Å². The molecule has 1 aromatic rings. The summed E-state index contributed by atoms with van der Waals surface area (Å²) in [5, 5.41) is 9.67. The Kier molecular flexibility index (Phi) is 5.09. The van der Waals surface area contributed by atoms with Crippen LogP contribution in [0.2, 0.25) is 0 Å². The number of nitrogens with zero attached hydrogens (tertiary/aromatic N) is 1. The van der Waals surface area contributed by atoms with Gasteiger partial charge in [0.05, 0.1) is 11.4 Å². The summed E-state index contributed by atoms with van der Waals surface area (Å²) in [5.41, 5.74) is 6.11. The van der Waals surface area contributed by atoms with Gasteiger partial charge in [0.2, 0.25) is 10.0 Å². The smallest absolute Gasteiger partial charge is 0.218 e. The van der Waals surface area contributed by atoms with E-state index in [1.807, 2.05) is 12.1 Å². The first-order valence-electron chi connectivity index (χ1n) is 6.08. The second-order valence-corrected chi connectivity index (χ2v) is 7.42. The third-order valence-electron chi connectivity index (χ3n) is 2.69. The van der Waals surface area contributed by atoms with E-state index in [4.69, 9.17) is 5.73 Å². The summed E-state index contributed by atoms with van der Waals surface area (Å²) in [4.78, 5) is 0. The molecule has 0 heterocycles. The molecule has 0 saturated heterocycles. The van der Waals surface area contributed by atoms with Gasteiger partial charge in [-0.1, -0.05) is 24.3 Å². The van der Waals surface area contributed by atoms with Crippen molar-refractivity contribution in [3.05, 3.63) is 35.4 Å². The minimum Gasteiger partial charge on any atom is -0.389 e. The van der Waals surface area contributed by atoms with Crippen molar-refractivity contribution in [3.8, 4) is 0 Å². The van der Waals surface area contributed by atoms with Gasteiger partial charge in [-0.2, -0.15) is 0 Å². The summed E-state index contributed by atoms with van der Waals surface area (Å²) in [6.07, 6.45) is 0. The van der Waals surface area contributed by atoms with Gasteiger partial charge in [0.15, 0.2) is 0 Å². The van der Waals surface area contributed by atoms with Crippen molar-refractivity contribution in [3.63, 3.8) is 0 Å². The normalized spacial score (nSPS) is 12.9. The van der Waals surface area contributed by atoms with Crippen LogP contribution in [-0.4, -0.2) is 37.0 Å². The molecule has 0 radical (unpaired) electrons. The summed E-state index contributed by atoms with van der Waals surface area (Å²) >= 11 is 0. The standard InChI is InChI=1S/C13H22N2O3S/c1-13(2,16)10-15(3)19(17,18)9-12-6-4-11(8-14)5-7-12/h4-7,16H,8-10,14H2,1-3H3. The van der Waals surface area contributed by atoms with Crippen LogP contribution in [0.25, 0.3) is 0 Å².